The fourth-order valence-electron chi connectivity index (χ4n) is 1.30. The Bertz CT molecular complexity index is 110. The molecule has 1 aliphatic heterocycles. The first-order valence-corrected chi connectivity index (χ1v) is 3.68. The third-order valence-electron chi connectivity index (χ3n) is 2.07. The van der Waals surface area contributed by atoms with Crippen LogP contribution in [0, 0.1) is 5.92 Å². The summed E-state index contributed by atoms with van der Waals surface area (Å²) in [6.45, 7) is 1.67. The van der Waals surface area contributed by atoms with Gasteiger partial charge in [-0.25, -0.2) is 0 Å². The van der Waals surface area contributed by atoms with Crippen LogP contribution in [-0.2, 0) is 9.47 Å². The molecule has 0 aromatic rings. The van der Waals surface area contributed by atoms with Crippen molar-refractivity contribution in [1.82, 2.24) is 0 Å². The van der Waals surface area contributed by atoms with Crippen molar-refractivity contribution in [2.75, 3.05) is 13.7 Å². The highest BCUT2D eigenvalue weighted by atomic mass is 16.7. The van der Waals surface area contributed by atoms with Crippen molar-refractivity contribution < 1.29 is 19.7 Å². The number of aliphatic hydroxyl groups excluding tert-OH is 2. The minimum Gasteiger partial charge on any atom is -0.394 e. The van der Waals surface area contributed by atoms with Crippen molar-refractivity contribution in [3.8, 4) is 0 Å². The average molecular weight is 162 g/mol. The molecule has 11 heavy (non-hydrogen) atoms. The van der Waals surface area contributed by atoms with Gasteiger partial charge in [-0.1, -0.05) is 6.92 Å². The molecule has 66 valence electrons. The van der Waals surface area contributed by atoms with E-state index in [4.69, 9.17) is 14.6 Å². The molecule has 0 saturated carbocycles. The van der Waals surface area contributed by atoms with Crippen molar-refractivity contribution in [3.63, 3.8) is 0 Å². The second kappa shape index (κ2) is 3.49. The quantitative estimate of drug-likeness (QED) is 0.566. The molecule has 0 radical (unpaired) electrons. The van der Waals surface area contributed by atoms with E-state index in [0.29, 0.717) is 0 Å². The minimum atomic E-state index is -0.620. The van der Waals surface area contributed by atoms with Crippen molar-refractivity contribution in [1.29, 1.82) is 0 Å². The predicted octanol–water partition coefficient (Wildman–Crippen LogP) is -0.653. The summed E-state index contributed by atoms with van der Waals surface area (Å²) in [4.78, 5) is 0. The molecule has 0 aromatic carbocycles. The Morgan fingerprint density at radius 3 is 2.45 bits per heavy atom. The molecule has 4 atom stereocenters. The van der Waals surface area contributed by atoms with Crippen LogP contribution in [0.3, 0.4) is 0 Å². The summed E-state index contributed by atoms with van der Waals surface area (Å²) in [6.07, 6.45) is -1.50. The summed E-state index contributed by atoms with van der Waals surface area (Å²) in [5.74, 6) is -0.0721. The summed E-state index contributed by atoms with van der Waals surface area (Å²) >= 11 is 0. The highest BCUT2D eigenvalue weighted by molar-refractivity contribution is 4.83. The van der Waals surface area contributed by atoms with Gasteiger partial charge in [-0.15, -0.1) is 0 Å². The summed E-state index contributed by atoms with van der Waals surface area (Å²) in [5.41, 5.74) is 0. The molecule has 1 aliphatic rings. The second-order valence-electron chi connectivity index (χ2n) is 2.81. The summed E-state index contributed by atoms with van der Waals surface area (Å²) in [6, 6.07) is 0. The van der Waals surface area contributed by atoms with Gasteiger partial charge in [0.15, 0.2) is 6.29 Å². The molecule has 0 aliphatic carbocycles. The van der Waals surface area contributed by atoms with Crippen LogP contribution < -0.4 is 0 Å². The zero-order valence-corrected chi connectivity index (χ0v) is 6.73. The van der Waals surface area contributed by atoms with Gasteiger partial charge < -0.3 is 19.7 Å². The monoisotopic (exact) mass is 162 g/mol. The maximum absolute atomic E-state index is 9.39. The lowest BCUT2D eigenvalue weighted by Gasteiger charge is -2.12. The standard InChI is InChI=1S/C7H14O4/c1-4-6(9)5(3-8)11-7(4)10-2/h4-9H,3H2,1-2H3/t4?,5-,6+,7?/m0/s1. The summed E-state index contributed by atoms with van der Waals surface area (Å²) in [7, 11) is 1.52. The zero-order valence-electron chi connectivity index (χ0n) is 6.73. The van der Waals surface area contributed by atoms with E-state index in [1.165, 1.54) is 7.11 Å². The molecule has 0 bridgehead atoms. The Kier molecular flexibility index (Phi) is 2.84. The Labute approximate surface area is 65.7 Å². The van der Waals surface area contributed by atoms with Gasteiger partial charge in [0.25, 0.3) is 0 Å². The van der Waals surface area contributed by atoms with Crippen molar-refractivity contribution in [3.05, 3.63) is 0 Å². The first-order chi connectivity index (χ1) is 5.20. The third-order valence-corrected chi connectivity index (χ3v) is 2.07. The van der Waals surface area contributed by atoms with Gasteiger partial charge in [-0.05, 0) is 0 Å². The Balaban J connectivity index is 2.53. The molecule has 0 aromatic heterocycles. The number of methoxy groups -OCH3 is 1. The lowest BCUT2D eigenvalue weighted by atomic mass is 10.0. The fourth-order valence-corrected chi connectivity index (χ4v) is 1.30. The lowest BCUT2D eigenvalue weighted by molar-refractivity contribution is -0.137. The van der Waals surface area contributed by atoms with E-state index in [1.807, 2.05) is 6.92 Å². The van der Waals surface area contributed by atoms with E-state index in [2.05, 4.69) is 0 Å². The Hall–Kier alpha value is -0.160. The van der Waals surface area contributed by atoms with Gasteiger partial charge >= 0.3 is 0 Å². The summed E-state index contributed by atoms with van der Waals surface area (Å²) < 4.78 is 10.1. The molecule has 1 fully saturated rings. The van der Waals surface area contributed by atoms with Gasteiger partial charge in [-0.2, -0.15) is 0 Å². The summed E-state index contributed by atoms with van der Waals surface area (Å²) in [5, 5.41) is 18.1. The molecule has 2 N–H and O–H groups in total. The second-order valence-corrected chi connectivity index (χ2v) is 2.81. The predicted molar refractivity (Wildman–Crippen MR) is 37.9 cm³/mol. The minimum absolute atomic E-state index is 0.0721. The average Bonchev–Trinajstić information content (AvgIpc) is 2.30. The van der Waals surface area contributed by atoms with Gasteiger partial charge in [-0.3, -0.25) is 0 Å². The maximum atomic E-state index is 9.39. The van der Waals surface area contributed by atoms with Crippen LogP contribution in [0.25, 0.3) is 0 Å². The molecule has 4 heteroatoms. The van der Waals surface area contributed by atoms with Crippen LogP contribution in [0.15, 0.2) is 0 Å². The number of ether oxygens (including phenoxy) is 2. The molecule has 0 spiro atoms. The molecule has 4 nitrogen and oxygen atoms in total. The molecule has 0 amide bonds. The number of rotatable bonds is 2. The maximum Gasteiger partial charge on any atom is 0.162 e. The molecule has 1 saturated heterocycles. The molecule has 1 heterocycles. The van der Waals surface area contributed by atoms with E-state index in [1.54, 1.807) is 0 Å². The number of hydrogen-bond donors (Lipinski definition) is 2. The van der Waals surface area contributed by atoms with Gasteiger partial charge in [0.1, 0.15) is 6.10 Å². The first kappa shape index (κ1) is 8.93. The van der Waals surface area contributed by atoms with Crippen LogP contribution >= 0.6 is 0 Å². The van der Waals surface area contributed by atoms with E-state index in [9.17, 15) is 5.11 Å². The smallest absolute Gasteiger partial charge is 0.162 e. The molecule has 1 rings (SSSR count). The molecular weight excluding hydrogens is 148 g/mol. The van der Waals surface area contributed by atoms with E-state index >= 15 is 0 Å². The largest absolute Gasteiger partial charge is 0.394 e. The Morgan fingerprint density at radius 2 is 2.18 bits per heavy atom. The van der Waals surface area contributed by atoms with Crippen LogP contribution in [0.4, 0.5) is 0 Å². The highest BCUT2D eigenvalue weighted by Crippen LogP contribution is 2.26. The van der Waals surface area contributed by atoms with E-state index in [0.717, 1.165) is 0 Å². The molecule has 2 unspecified atom stereocenters. The van der Waals surface area contributed by atoms with Crippen molar-refractivity contribution in [2.45, 2.75) is 25.4 Å². The normalized spacial score (nSPS) is 44.7. The number of hydrogen-bond acceptors (Lipinski definition) is 4. The van der Waals surface area contributed by atoms with Crippen molar-refractivity contribution >= 4 is 0 Å². The number of aliphatic hydroxyl groups is 2. The van der Waals surface area contributed by atoms with Crippen molar-refractivity contribution in [2.24, 2.45) is 5.92 Å². The first-order valence-electron chi connectivity index (χ1n) is 3.68. The van der Waals surface area contributed by atoms with E-state index < -0.39 is 12.2 Å². The zero-order chi connectivity index (χ0) is 8.43. The van der Waals surface area contributed by atoms with Crippen LogP contribution in [0.2, 0.25) is 0 Å². The van der Waals surface area contributed by atoms with Gasteiger partial charge in [0, 0.05) is 13.0 Å². The SMILES string of the molecule is COC1O[C@@H](CO)[C@H](O)C1C. The third kappa shape index (κ3) is 1.54. The molecular formula is C7H14O4. The lowest BCUT2D eigenvalue weighted by Crippen LogP contribution is -2.28. The van der Waals surface area contributed by atoms with Gasteiger partial charge in [0.05, 0.1) is 12.7 Å². The van der Waals surface area contributed by atoms with E-state index in [-0.39, 0.29) is 18.8 Å². The van der Waals surface area contributed by atoms with Crippen LogP contribution in [-0.4, -0.2) is 42.4 Å². The topological polar surface area (TPSA) is 58.9 Å². The van der Waals surface area contributed by atoms with Crippen LogP contribution in [0.1, 0.15) is 6.92 Å². The Morgan fingerprint density at radius 1 is 1.55 bits per heavy atom. The fraction of sp³-hybridized carbons (Fsp3) is 1.00. The highest BCUT2D eigenvalue weighted by Gasteiger charge is 2.40. The van der Waals surface area contributed by atoms with Gasteiger partial charge in [0.2, 0.25) is 0 Å². The van der Waals surface area contributed by atoms with Crippen LogP contribution in [0.5, 0.6) is 0 Å².